The SMILES string of the molecule is CCNC(=NCc1cccc(Cn2cncn2)c1)NCC(C)(C)c1cccs1. The first-order chi connectivity index (χ1) is 13.6. The van der Waals surface area contributed by atoms with Gasteiger partial charge in [-0.15, -0.1) is 11.3 Å². The van der Waals surface area contributed by atoms with Crippen LogP contribution in [0.4, 0.5) is 0 Å². The van der Waals surface area contributed by atoms with E-state index in [1.165, 1.54) is 16.0 Å². The molecule has 0 saturated heterocycles. The fourth-order valence-corrected chi connectivity index (χ4v) is 3.75. The summed E-state index contributed by atoms with van der Waals surface area (Å²) in [7, 11) is 0. The Morgan fingerprint density at radius 1 is 1.18 bits per heavy atom. The number of benzene rings is 1. The van der Waals surface area contributed by atoms with Crippen LogP contribution in [0.15, 0.2) is 59.4 Å². The summed E-state index contributed by atoms with van der Waals surface area (Å²) in [6.07, 6.45) is 3.29. The number of nitrogens with zero attached hydrogens (tertiary/aromatic N) is 4. The highest BCUT2D eigenvalue weighted by atomic mass is 32.1. The van der Waals surface area contributed by atoms with Gasteiger partial charge in [-0.2, -0.15) is 5.10 Å². The number of guanidine groups is 1. The highest BCUT2D eigenvalue weighted by Gasteiger charge is 2.21. The molecule has 0 saturated carbocycles. The van der Waals surface area contributed by atoms with Gasteiger partial charge in [-0.3, -0.25) is 0 Å². The van der Waals surface area contributed by atoms with Crippen molar-refractivity contribution in [3.05, 3.63) is 70.4 Å². The Hall–Kier alpha value is -2.67. The van der Waals surface area contributed by atoms with Crippen molar-refractivity contribution in [2.45, 2.75) is 39.3 Å². The Kier molecular flexibility index (Phi) is 6.81. The molecule has 0 bridgehead atoms. The third-order valence-corrected chi connectivity index (χ3v) is 5.69. The molecule has 2 aromatic heterocycles. The molecule has 0 aliphatic carbocycles. The van der Waals surface area contributed by atoms with E-state index in [4.69, 9.17) is 4.99 Å². The van der Waals surface area contributed by atoms with Crippen molar-refractivity contribution in [1.29, 1.82) is 0 Å². The third-order valence-electron chi connectivity index (χ3n) is 4.45. The lowest BCUT2D eigenvalue weighted by Gasteiger charge is -2.25. The van der Waals surface area contributed by atoms with Gasteiger partial charge < -0.3 is 10.6 Å². The number of nitrogens with one attached hydrogen (secondary N) is 2. The summed E-state index contributed by atoms with van der Waals surface area (Å²) in [5, 5.41) is 13.1. The molecule has 1 aromatic carbocycles. The molecule has 0 radical (unpaired) electrons. The van der Waals surface area contributed by atoms with Gasteiger partial charge in [0.15, 0.2) is 5.96 Å². The molecule has 7 heteroatoms. The van der Waals surface area contributed by atoms with E-state index in [1.807, 2.05) is 4.68 Å². The van der Waals surface area contributed by atoms with E-state index in [1.54, 1.807) is 24.0 Å². The molecular weight excluding hydrogens is 368 g/mol. The molecule has 3 rings (SSSR count). The van der Waals surface area contributed by atoms with E-state index in [0.29, 0.717) is 13.1 Å². The van der Waals surface area contributed by atoms with Crippen LogP contribution >= 0.6 is 11.3 Å². The summed E-state index contributed by atoms with van der Waals surface area (Å²) in [6, 6.07) is 12.7. The van der Waals surface area contributed by atoms with Crippen LogP contribution in [-0.2, 0) is 18.5 Å². The number of rotatable bonds is 8. The van der Waals surface area contributed by atoms with Crippen molar-refractivity contribution in [1.82, 2.24) is 25.4 Å². The monoisotopic (exact) mass is 396 g/mol. The number of hydrogen-bond acceptors (Lipinski definition) is 4. The average molecular weight is 397 g/mol. The lowest BCUT2D eigenvalue weighted by Crippen LogP contribution is -2.43. The normalized spacial score (nSPS) is 12.2. The largest absolute Gasteiger partial charge is 0.357 e. The lowest BCUT2D eigenvalue weighted by molar-refractivity contribution is 0.518. The van der Waals surface area contributed by atoms with Crippen LogP contribution in [-0.4, -0.2) is 33.8 Å². The molecule has 28 heavy (non-hydrogen) atoms. The minimum Gasteiger partial charge on any atom is -0.357 e. The summed E-state index contributed by atoms with van der Waals surface area (Å²) in [6.45, 7) is 9.58. The summed E-state index contributed by atoms with van der Waals surface area (Å²) < 4.78 is 1.82. The number of aliphatic imine (C=N–C) groups is 1. The fraction of sp³-hybridized carbons (Fsp3) is 0.381. The van der Waals surface area contributed by atoms with Crippen LogP contribution in [0.25, 0.3) is 0 Å². The van der Waals surface area contributed by atoms with Gasteiger partial charge in [0.2, 0.25) is 0 Å². The van der Waals surface area contributed by atoms with Crippen LogP contribution in [0.5, 0.6) is 0 Å². The maximum atomic E-state index is 4.77. The maximum Gasteiger partial charge on any atom is 0.191 e. The molecule has 148 valence electrons. The van der Waals surface area contributed by atoms with Crippen LogP contribution in [0.1, 0.15) is 36.8 Å². The van der Waals surface area contributed by atoms with Gasteiger partial charge in [0.25, 0.3) is 0 Å². The molecule has 3 aromatic rings. The zero-order valence-corrected chi connectivity index (χ0v) is 17.5. The van der Waals surface area contributed by atoms with Gasteiger partial charge in [0.05, 0.1) is 13.1 Å². The predicted molar refractivity (Wildman–Crippen MR) is 116 cm³/mol. The van der Waals surface area contributed by atoms with E-state index in [2.05, 4.69) is 83.3 Å². The lowest BCUT2D eigenvalue weighted by atomic mass is 9.91. The first-order valence-electron chi connectivity index (χ1n) is 9.53. The second kappa shape index (κ2) is 9.50. The fourth-order valence-electron chi connectivity index (χ4n) is 2.90. The Morgan fingerprint density at radius 3 is 2.75 bits per heavy atom. The standard InChI is InChI=1S/C21H28N6S/c1-4-23-20(25-14-21(2,3)19-9-6-10-28-19)24-12-17-7-5-8-18(11-17)13-27-16-22-15-26-27/h5-11,15-16H,4,12-14H2,1-3H3,(H2,23,24,25). The molecule has 0 aliphatic heterocycles. The molecule has 0 aliphatic rings. The van der Waals surface area contributed by atoms with Crippen molar-refractivity contribution in [2.24, 2.45) is 4.99 Å². The molecule has 0 fully saturated rings. The number of aromatic nitrogens is 3. The van der Waals surface area contributed by atoms with Crippen molar-refractivity contribution in [2.75, 3.05) is 13.1 Å². The summed E-state index contributed by atoms with van der Waals surface area (Å²) >= 11 is 1.80. The van der Waals surface area contributed by atoms with Gasteiger partial charge in [-0.1, -0.05) is 44.2 Å². The van der Waals surface area contributed by atoms with Crippen molar-refractivity contribution < 1.29 is 0 Å². The molecule has 2 N–H and O–H groups in total. The van der Waals surface area contributed by atoms with Gasteiger partial charge in [-0.05, 0) is 29.5 Å². The smallest absolute Gasteiger partial charge is 0.191 e. The van der Waals surface area contributed by atoms with Gasteiger partial charge in [-0.25, -0.2) is 14.7 Å². The number of thiophene rings is 1. The van der Waals surface area contributed by atoms with E-state index >= 15 is 0 Å². The van der Waals surface area contributed by atoms with Gasteiger partial charge in [0.1, 0.15) is 12.7 Å². The Morgan fingerprint density at radius 2 is 2.04 bits per heavy atom. The quantitative estimate of drug-likeness (QED) is 0.452. The number of hydrogen-bond donors (Lipinski definition) is 2. The minimum absolute atomic E-state index is 0.0576. The van der Waals surface area contributed by atoms with Crippen molar-refractivity contribution >= 4 is 17.3 Å². The Labute approximate surface area is 170 Å². The first-order valence-corrected chi connectivity index (χ1v) is 10.4. The summed E-state index contributed by atoms with van der Waals surface area (Å²) in [5.41, 5.74) is 2.42. The third kappa shape index (κ3) is 5.66. The molecular formula is C21H28N6S. The molecule has 6 nitrogen and oxygen atoms in total. The summed E-state index contributed by atoms with van der Waals surface area (Å²) in [5.74, 6) is 0.841. The van der Waals surface area contributed by atoms with Crippen molar-refractivity contribution in [3.63, 3.8) is 0 Å². The average Bonchev–Trinajstić information content (AvgIpc) is 3.39. The van der Waals surface area contributed by atoms with Gasteiger partial charge >= 0.3 is 0 Å². The molecule has 0 amide bonds. The molecule has 0 spiro atoms. The van der Waals surface area contributed by atoms with E-state index in [-0.39, 0.29) is 5.41 Å². The Bertz CT molecular complexity index is 868. The zero-order valence-electron chi connectivity index (χ0n) is 16.7. The highest BCUT2D eigenvalue weighted by Crippen LogP contribution is 2.26. The van der Waals surface area contributed by atoms with E-state index in [9.17, 15) is 0 Å². The molecule has 0 unspecified atom stereocenters. The predicted octanol–water partition coefficient (Wildman–Crippen LogP) is 3.42. The van der Waals surface area contributed by atoms with Crippen LogP contribution in [0, 0.1) is 0 Å². The minimum atomic E-state index is 0.0576. The first kappa shape index (κ1) is 20.1. The second-order valence-electron chi connectivity index (χ2n) is 7.32. The molecule has 2 heterocycles. The topological polar surface area (TPSA) is 67.1 Å². The van der Waals surface area contributed by atoms with E-state index < -0.39 is 0 Å². The highest BCUT2D eigenvalue weighted by molar-refractivity contribution is 7.10. The van der Waals surface area contributed by atoms with Gasteiger partial charge in [0, 0.05) is 23.4 Å². The maximum absolute atomic E-state index is 4.77. The summed E-state index contributed by atoms with van der Waals surface area (Å²) in [4.78, 5) is 10.1. The van der Waals surface area contributed by atoms with E-state index in [0.717, 1.165) is 19.0 Å². The molecule has 0 atom stereocenters. The van der Waals surface area contributed by atoms with Crippen LogP contribution in [0.2, 0.25) is 0 Å². The Balaban J connectivity index is 1.62. The van der Waals surface area contributed by atoms with Crippen LogP contribution < -0.4 is 10.6 Å². The second-order valence-corrected chi connectivity index (χ2v) is 8.27. The van der Waals surface area contributed by atoms with Crippen LogP contribution in [0.3, 0.4) is 0 Å². The van der Waals surface area contributed by atoms with Crippen molar-refractivity contribution in [3.8, 4) is 0 Å². The zero-order chi connectivity index (χ0) is 19.8.